The molecule has 1 unspecified atom stereocenters. The van der Waals surface area contributed by atoms with Gasteiger partial charge in [0.15, 0.2) is 0 Å². The molecule has 1 amide bonds. The van der Waals surface area contributed by atoms with Crippen molar-refractivity contribution in [1.82, 2.24) is 15.4 Å². The lowest BCUT2D eigenvalue weighted by molar-refractivity contribution is -0.143. The second-order valence-electron chi connectivity index (χ2n) is 10.6. The Balaban J connectivity index is 1.44. The van der Waals surface area contributed by atoms with Crippen LogP contribution < -0.4 is 16.0 Å². The van der Waals surface area contributed by atoms with Crippen molar-refractivity contribution in [2.24, 2.45) is 17.1 Å². The number of benzene rings is 1. The maximum absolute atomic E-state index is 15.9. The van der Waals surface area contributed by atoms with Crippen molar-refractivity contribution in [3.8, 4) is 5.75 Å². The zero-order valence-electron chi connectivity index (χ0n) is 21.5. The highest BCUT2D eigenvalue weighted by Crippen LogP contribution is 2.41. The smallest absolute Gasteiger partial charge is 0.249 e. The first kappa shape index (κ1) is 26.8. The van der Waals surface area contributed by atoms with Gasteiger partial charge in [-0.2, -0.15) is 0 Å². The number of nitrogens with zero attached hydrogens (tertiary/aromatic N) is 2. The average molecular weight is 501 g/mol. The van der Waals surface area contributed by atoms with Crippen LogP contribution in [0.2, 0.25) is 0 Å². The Kier molecular flexibility index (Phi) is 9.14. The quantitative estimate of drug-likeness (QED) is 0.312. The first-order chi connectivity index (χ1) is 17.5. The first-order valence-electron chi connectivity index (χ1n) is 13.5. The van der Waals surface area contributed by atoms with Crippen LogP contribution in [-0.4, -0.2) is 47.7 Å². The van der Waals surface area contributed by atoms with Crippen molar-refractivity contribution in [3.63, 3.8) is 0 Å². The Morgan fingerprint density at radius 1 is 1.31 bits per heavy atom. The summed E-state index contributed by atoms with van der Waals surface area (Å²) in [6.07, 6.45) is 10.0. The lowest BCUT2D eigenvalue weighted by Gasteiger charge is -2.41. The number of fused-ring (bicyclic) bond motifs is 1. The van der Waals surface area contributed by atoms with Crippen molar-refractivity contribution >= 4 is 16.8 Å². The minimum atomic E-state index is -1.31. The molecule has 1 aliphatic heterocycles. The van der Waals surface area contributed by atoms with Crippen molar-refractivity contribution < 1.29 is 19.1 Å². The van der Waals surface area contributed by atoms with Gasteiger partial charge in [-0.25, -0.2) is 9.87 Å². The lowest BCUT2D eigenvalue weighted by Crippen LogP contribution is -2.48. The summed E-state index contributed by atoms with van der Waals surface area (Å²) < 4.78 is 21.3. The standard InChI is InChI=1S/C28H41FN4O3/c1-36-22-7-8-25-23(17-22)26(21(18-30)19-31-25)24(29)9-11-28(27(34)32-35)12-15-33(16-13-28)14-10-20-5-3-2-4-6-20/h7-8,17,19-20,24,35H,2-6,9-16,18,30H2,1H3,(H,32,34). The van der Waals surface area contributed by atoms with E-state index < -0.39 is 17.5 Å². The van der Waals surface area contributed by atoms with Gasteiger partial charge in [0.25, 0.3) is 0 Å². The fourth-order valence-electron chi connectivity index (χ4n) is 6.20. The van der Waals surface area contributed by atoms with Crippen molar-refractivity contribution in [1.29, 1.82) is 0 Å². The van der Waals surface area contributed by atoms with E-state index in [9.17, 15) is 10.0 Å². The minimum Gasteiger partial charge on any atom is -0.497 e. The number of hydrogen-bond acceptors (Lipinski definition) is 6. The van der Waals surface area contributed by atoms with Gasteiger partial charge in [0, 0.05) is 23.7 Å². The number of nitrogens with one attached hydrogen (secondary N) is 1. The zero-order valence-corrected chi connectivity index (χ0v) is 21.5. The number of likely N-dealkylation sites (tertiary alicyclic amines) is 1. The summed E-state index contributed by atoms with van der Waals surface area (Å²) in [5.41, 5.74) is 8.90. The number of rotatable bonds is 10. The predicted molar refractivity (Wildman–Crippen MR) is 138 cm³/mol. The molecule has 2 heterocycles. The molecule has 0 bridgehead atoms. The number of hydrogen-bond donors (Lipinski definition) is 3. The van der Waals surface area contributed by atoms with Gasteiger partial charge >= 0.3 is 0 Å². The fraction of sp³-hybridized carbons (Fsp3) is 0.643. The maximum atomic E-state index is 15.9. The van der Waals surface area contributed by atoms with E-state index in [1.54, 1.807) is 25.4 Å². The molecule has 198 valence electrons. The van der Waals surface area contributed by atoms with Crippen LogP contribution in [-0.2, 0) is 11.3 Å². The summed E-state index contributed by atoms with van der Waals surface area (Å²) in [6.45, 7) is 2.81. The van der Waals surface area contributed by atoms with E-state index in [2.05, 4.69) is 9.88 Å². The molecule has 8 heteroatoms. The highest BCUT2D eigenvalue weighted by Gasteiger charge is 2.41. The number of ether oxygens (including phenoxy) is 1. The molecule has 2 aliphatic rings. The van der Waals surface area contributed by atoms with Crippen LogP contribution in [0.1, 0.15) is 81.5 Å². The molecule has 2 aromatic rings. The minimum absolute atomic E-state index is 0.165. The molecule has 0 radical (unpaired) electrons. The summed E-state index contributed by atoms with van der Waals surface area (Å²) in [4.78, 5) is 19.7. The summed E-state index contributed by atoms with van der Waals surface area (Å²) in [6, 6.07) is 5.41. The molecule has 1 saturated carbocycles. The normalized spacial score (nSPS) is 19.8. The molecule has 0 spiro atoms. The van der Waals surface area contributed by atoms with Gasteiger partial charge in [-0.05, 0) is 81.4 Å². The predicted octanol–water partition coefficient (Wildman–Crippen LogP) is 5.05. The fourth-order valence-corrected chi connectivity index (χ4v) is 6.20. The van der Waals surface area contributed by atoms with E-state index in [-0.39, 0.29) is 13.0 Å². The van der Waals surface area contributed by atoms with E-state index in [0.717, 1.165) is 25.6 Å². The molecule has 1 saturated heterocycles. The van der Waals surface area contributed by atoms with Gasteiger partial charge in [-0.1, -0.05) is 32.1 Å². The largest absolute Gasteiger partial charge is 0.497 e. The number of aromatic nitrogens is 1. The number of pyridine rings is 1. The lowest BCUT2D eigenvalue weighted by atomic mass is 9.73. The first-order valence-corrected chi connectivity index (χ1v) is 13.5. The number of carbonyl (C=O) groups is 1. The number of piperidine rings is 1. The summed E-state index contributed by atoms with van der Waals surface area (Å²) in [7, 11) is 1.58. The van der Waals surface area contributed by atoms with Crippen LogP contribution in [0, 0.1) is 11.3 Å². The number of amides is 1. The average Bonchev–Trinajstić information content (AvgIpc) is 2.94. The SMILES string of the molecule is COc1ccc2ncc(CN)c(C(F)CCC3(C(=O)NO)CCN(CCC4CCCCC4)CC3)c2c1. The highest BCUT2D eigenvalue weighted by molar-refractivity contribution is 5.85. The molecule has 1 aromatic heterocycles. The maximum Gasteiger partial charge on any atom is 0.249 e. The second kappa shape index (κ2) is 12.3. The third-order valence-corrected chi connectivity index (χ3v) is 8.58. The molecule has 4 rings (SSSR count). The Bertz CT molecular complexity index is 1010. The molecular formula is C28H41FN4O3. The molecule has 4 N–H and O–H groups in total. The number of halogens is 1. The van der Waals surface area contributed by atoms with Gasteiger partial charge in [0.05, 0.1) is 18.0 Å². The number of carbonyl (C=O) groups excluding carboxylic acids is 1. The van der Waals surface area contributed by atoms with Crippen LogP contribution in [0.3, 0.4) is 0 Å². The van der Waals surface area contributed by atoms with Gasteiger partial charge < -0.3 is 15.4 Å². The van der Waals surface area contributed by atoms with Crippen molar-refractivity contribution in [3.05, 3.63) is 35.5 Å². The molecular weight excluding hydrogens is 459 g/mol. The van der Waals surface area contributed by atoms with Gasteiger partial charge in [0.1, 0.15) is 11.9 Å². The summed E-state index contributed by atoms with van der Waals surface area (Å²) in [5.74, 6) is 1.05. The molecule has 36 heavy (non-hydrogen) atoms. The zero-order chi connectivity index (χ0) is 25.5. The summed E-state index contributed by atoms with van der Waals surface area (Å²) >= 11 is 0. The van der Waals surface area contributed by atoms with Gasteiger partial charge in [-0.3, -0.25) is 15.0 Å². The number of methoxy groups -OCH3 is 1. The van der Waals surface area contributed by atoms with E-state index in [1.165, 1.54) is 38.5 Å². The Hall–Kier alpha value is -2.29. The molecule has 2 fully saturated rings. The van der Waals surface area contributed by atoms with Gasteiger partial charge in [0.2, 0.25) is 5.91 Å². The molecule has 1 aliphatic carbocycles. The molecule has 7 nitrogen and oxygen atoms in total. The topological polar surface area (TPSA) is 101 Å². The monoisotopic (exact) mass is 500 g/mol. The highest BCUT2D eigenvalue weighted by atomic mass is 19.1. The molecule has 1 atom stereocenters. The van der Waals surface area contributed by atoms with E-state index in [0.29, 0.717) is 47.0 Å². The van der Waals surface area contributed by atoms with Crippen molar-refractivity contribution in [2.45, 2.75) is 76.9 Å². The summed E-state index contributed by atoms with van der Waals surface area (Å²) in [5, 5.41) is 10.2. The Labute approximate surface area is 213 Å². The third-order valence-electron chi connectivity index (χ3n) is 8.58. The number of hydroxylamine groups is 1. The Morgan fingerprint density at radius 3 is 2.72 bits per heavy atom. The van der Waals surface area contributed by atoms with Crippen LogP contribution in [0.25, 0.3) is 10.9 Å². The number of nitrogens with two attached hydrogens (primary N) is 1. The van der Waals surface area contributed by atoms with E-state index in [4.69, 9.17) is 10.5 Å². The van der Waals surface area contributed by atoms with E-state index in [1.807, 2.05) is 11.5 Å². The molecule has 1 aromatic carbocycles. The van der Waals surface area contributed by atoms with Gasteiger partial charge in [-0.15, -0.1) is 0 Å². The van der Waals surface area contributed by atoms with Crippen LogP contribution in [0.15, 0.2) is 24.4 Å². The van der Waals surface area contributed by atoms with Crippen LogP contribution in [0.4, 0.5) is 4.39 Å². The third kappa shape index (κ3) is 5.98. The van der Waals surface area contributed by atoms with Crippen LogP contribution >= 0.6 is 0 Å². The van der Waals surface area contributed by atoms with E-state index >= 15 is 4.39 Å². The van der Waals surface area contributed by atoms with Crippen LogP contribution in [0.5, 0.6) is 5.75 Å². The number of alkyl halides is 1. The second-order valence-corrected chi connectivity index (χ2v) is 10.6. The van der Waals surface area contributed by atoms with Crippen molar-refractivity contribution in [2.75, 3.05) is 26.7 Å². The Morgan fingerprint density at radius 2 is 2.06 bits per heavy atom.